The van der Waals surface area contributed by atoms with Crippen molar-refractivity contribution in [1.29, 1.82) is 0 Å². The highest BCUT2D eigenvalue weighted by molar-refractivity contribution is 6.01. The lowest BCUT2D eigenvalue weighted by Gasteiger charge is -2.24. The molecule has 0 saturated heterocycles. The molecule has 0 saturated carbocycles. The fraction of sp³-hybridized carbons (Fsp3) is 0.562. The molecule has 0 aliphatic heterocycles. The molecule has 0 fully saturated rings. The Hall–Kier alpha value is -1.19. The third kappa shape index (κ3) is 4.44. The normalized spacial score (nSPS) is 12.7. The van der Waals surface area contributed by atoms with Crippen molar-refractivity contribution in [3.63, 3.8) is 0 Å². The third-order valence-corrected chi connectivity index (χ3v) is 3.64. The molecule has 0 amide bonds. The van der Waals surface area contributed by atoms with E-state index in [4.69, 9.17) is 0 Å². The number of hydrogen-bond acceptors (Lipinski definition) is 3. The second kappa shape index (κ2) is 7.41. The first kappa shape index (κ1) is 15.9. The second-order valence-electron chi connectivity index (χ2n) is 5.30. The third-order valence-electron chi connectivity index (χ3n) is 3.64. The summed E-state index contributed by atoms with van der Waals surface area (Å²) in [5, 5.41) is 3.13. The van der Waals surface area contributed by atoms with Gasteiger partial charge < -0.3 is 5.32 Å². The van der Waals surface area contributed by atoms with Crippen LogP contribution in [0.3, 0.4) is 0 Å². The maximum absolute atomic E-state index is 12.5. The van der Waals surface area contributed by atoms with Gasteiger partial charge in [-0.2, -0.15) is 0 Å². The summed E-state index contributed by atoms with van der Waals surface area (Å²) in [4.78, 5) is 14.7. The Bertz CT molecular complexity index is 429. The van der Waals surface area contributed by atoms with Crippen LogP contribution in [0.2, 0.25) is 0 Å². The fourth-order valence-corrected chi connectivity index (χ4v) is 2.13. The van der Waals surface area contributed by atoms with E-state index < -0.39 is 0 Å². The molecule has 0 bridgehead atoms. The van der Waals surface area contributed by atoms with Crippen LogP contribution in [0.4, 0.5) is 0 Å². The number of carbonyl (C=O) groups excluding carboxylic acids is 1. The minimum atomic E-state index is -0.0719. The summed E-state index contributed by atoms with van der Waals surface area (Å²) in [5.74, 6) is 0.216. The van der Waals surface area contributed by atoms with E-state index in [2.05, 4.69) is 10.2 Å². The molecular formula is C16H26N2O. The van der Waals surface area contributed by atoms with E-state index in [1.165, 1.54) is 0 Å². The van der Waals surface area contributed by atoms with Gasteiger partial charge in [-0.1, -0.05) is 17.7 Å². The Labute approximate surface area is 117 Å². The van der Waals surface area contributed by atoms with E-state index in [1.807, 2.05) is 53.1 Å². The van der Waals surface area contributed by atoms with Gasteiger partial charge in [0.1, 0.15) is 0 Å². The summed E-state index contributed by atoms with van der Waals surface area (Å²) in [6.07, 6.45) is 1.05. The van der Waals surface area contributed by atoms with Crippen molar-refractivity contribution in [2.75, 3.05) is 27.2 Å². The zero-order valence-corrected chi connectivity index (χ0v) is 12.8. The number of carbonyl (C=O) groups is 1. The van der Waals surface area contributed by atoms with Gasteiger partial charge in [-0.25, -0.2) is 0 Å². The van der Waals surface area contributed by atoms with Crippen LogP contribution >= 0.6 is 0 Å². The first-order valence-electron chi connectivity index (χ1n) is 6.93. The van der Waals surface area contributed by atoms with Crippen molar-refractivity contribution in [1.82, 2.24) is 10.2 Å². The van der Waals surface area contributed by atoms with Crippen LogP contribution in [0.15, 0.2) is 18.2 Å². The van der Waals surface area contributed by atoms with Crippen LogP contribution in [-0.2, 0) is 0 Å². The Kier molecular flexibility index (Phi) is 6.19. The number of nitrogens with zero attached hydrogens (tertiary/aromatic N) is 1. The molecule has 0 aliphatic carbocycles. The number of likely N-dealkylation sites (N-methyl/N-ethyl adjacent to an activating group) is 1. The van der Waals surface area contributed by atoms with Crippen molar-refractivity contribution >= 4 is 5.78 Å². The molecule has 0 radical (unpaired) electrons. The number of nitrogens with one attached hydrogen (secondary N) is 1. The number of Topliss-reactive ketones (excluding diaryl/α,β-unsaturated/α-hetero) is 1. The molecule has 1 unspecified atom stereocenters. The number of rotatable bonds is 7. The summed E-state index contributed by atoms with van der Waals surface area (Å²) < 4.78 is 0. The van der Waals surface area contributed by atoms with Crippen LogP contribution in [0, 0.1) is 13.8 Å². The quantitative estimate of drug-likeness (QED) is 0.605. The molecule has 1 N–H and O–H groups in total. The van der Waals surface area contributed by atoms with Crippen LogP contribution < -0.4 is 5.32 Å². The molecule has 1 atom stereocenters. The Morgan fingerprint density at radius 2 is 2.05 bits per heavy atom. The minimum absolute atomic E-state index is 0.0719. The van der Waals surface area contributed by atoms with Gasteiger partial charge in [0.25, 0.3) is 0 Å². The van der Waals surface area contributed by atoms with Gasteiger partial charge in [-0.3, -0.25) is 9.69 Å². The first-order chi connectivity index (χ1) is 8.97. The standard InChI is InChI=1S/C16H26N2O/c1-12-7-8-13(2)15(11-12)16(19)14(3)18(5)10-6-9-17-4/h7-8,11,14,17H,6,9-10H2,1-5H3. The van der Waals surface area contributed by atoms with Crippen molar-refractivity contribution in [3.8, 4) is 0 Å². The predicted octanol–water partition coefficient (Wildman–Crippen LogP) is 2.42. The molecule has 3 heteroatoms. The highest BCUT2D eigenvalue weighted by Gasteiger charge is 2.20. The number of hydrogen-bond donors (Lipinski definition) is 1. The van der Waals surface area contributed by atoms with Crippen molar-refractivity contribution in [2.24, 2.45) is 0 Å². The van der Waals surface area contributed by atoms with Gasteiger partial charge in [-0.05, 0) is 66.0 Å². The van der Waals surface area contributed by atoms with E-state index in [0.717, 1.165) is 36.2 Å². The van der Waals surface area contributed by atoms with Crippen molar-refractivity contribution in [2.45, 2.75) is 33.2 Å². The lowest BCUT2D eigenvalue weighted by atomic mass is 9.97. The molecule has 1 aromatic carbocycles. The SMILES string of the molecule is CNCCCN(C)C(C)C(=O)c1cc(C)ccc1C. The Balaban J connectivity index is 2.73. The van der Waals surface area contributed by atoms with Crippen LogP contribution in [0.5, 0.6) is 0 Å². The van der Waals surface area contributed by atoms with Gasteiger partial charge >= 0.3 is 0 Å². The summed E-state index contributed by atoms with van der Waals surface area (Å²) in [6.45, 7) is 7.93. The molecule has 0 heterocycles. The molecule has 0 spiro atoms. The van der Waals surface area contributed by atoms with Crippen molar-refractivity contribution < 1.29 is 4.79 Å². The summed E-state index contributed by atoms with van der Waals surface area (Å²) >= 11 is 0. The molecule has 19 heavy (non-hydrogen) atoms. The average Bonchev–Trinajstić information content (AvgIpc) is 2.40. The molecule has 106 valence electrons. The van der Waals surface area contributed by atoms with Gasteiger partial charge in [0.2, 0.25) is 0 Å². The highest BCUT2D eigenvalue weighted by Crippen LogP contribution is 2.15. The van der Waals surface area contributed by atoms with E-state index in [-0.39, 0.29) is 11.8 Å². The lowest BCUT2D eigenvalue weighted by Crippen LogP contribution is -2.37. The topological polar surface area (TPSA) is 32.3 Å². The molecular weight excluding hydrogens is 236 g/mol. The monoisotopic (exact) mass is 262 g/mol. The zero-order chi connectivity index (χ0) is 14.4. The smallest absolute Gasteiger partial charge is 0.179 e. The fourth-order valence-electron chi connectivity index (χ4n) is 2.13. The largest absolute Gasteiger partial charge is 0.320 e. The van der Waals surface area contributed by atoms with E-state index in [9.17, 15) is 4.79 Å². The highest BCUT2D eigenvalue weighted by atomic mass is 16.1. The van der Waals surface area contributed by atoms with E-state index in [1.54, 1.807) is 0 Å². The summed E-state index contributed by atoms with van der Waals surface area (Å²) in [6, 6.07) is 6.00. The van der Waals surface area contributed by atoms with Gasteiger partial charge in [-0.15, -0.1) is 0 Å². The van der Waals surface area contributed by atoms with Gasteiger partial charge in [0.15, 0.2) is 5.78 Å². The van der Waals surface area contributed by atoms with Crippen molar-refractivity contribution in [3.05, 3.63) is 34.9 Å². The summed E-state index contributed by atoms with van der Waals surface area (Å²) in [5.41, 5.74) is 3.05. The molecule has 3 nitrogen and oxygen atoms in total. The molecule has 1 aromatic rings. The van der Waals surface area contributed by atoms with Gasteiger partial charge in [0, 0.05) is 5.56 Å². The first-order valence-corrected chi connectivity index (χ1v) is 6.93. The van der Waals surface area contributed by atoms with Crippen LogP contribution in [0.1, 0.15) is 34.8 Å². The van der Waals surface area contributed by atoms with Gasteiger partial charge in [0.05, 0.1) is 6.04 Å². The maximum Gasteiger partial charge on any atom is 0.179 e. The average molecular weight is 262 g/mol. The van der Waals surface area contributed by atoms with E-state index in [0.29, 0.717) is 0 Å². The zero-order valence-electron chi connectivity index (χ0n) is 12.8. The van der Waals surface area contributed by atoms with E-state index >= 15 is 0 Å². The maximum atomic E-state index is 12.5. The summed E-state index contributed by atoms with van der Waals surface area (Å²) in [7, 11) is 3.97. The Morgan fingerprint density at radius 3 is 2.68 bits per heavy atom. The molecule has 1 rings (SSSR count). The number of ketones is 1. The van der Waals surface area contributed by atoms with Crippen LogP contribution in [-0.4, -0.2) is 43.9 Å². The predicted molar refractivity (Wildman–Crippen MR) is 80.9 cm³/mol. The minimum Gasteiger partial charge on any atom is -0.320 e. The van der Waals surface area contributed by atoms with Crippen LogP contribution in [0.25, 0.3) is 0 Å². The molecule has 0 aliphatic rings. The number of aryl methyl sites for hydroxylation is 2. The molecule has 0 aromatic heterocycles. The second-order valence-corrected chi connectivity index (χ2v) is 5.30. The lowest BCUT2D eigenvalue weighted by molar-refractivity contribution is 0.0867. The number of benzene rings is 1. The Morgan fingerprint density at radius 1 is 1.37 bits per heavy atom.